The zero-order valence-corrected chi connectivity index (χ0v) is 9.12. The van der Waals surface area contributed by atoms with Gasteiger partial charge >= 0.3 is 0 Å². The van der Waals surface area contributed by atoms with Gasteiger partial charge in [0.25, 0.3) is 0 Å². The van der Waals surface area contributed by atoms with Crippen LogP contribution in [0.25, 0.3) is 0 Å². The lowest BCUT2D eigenvalue weighted by molar-refractivity contribution is -0.134. The van der Waals surface area contributed by atoms with Gasteiger partial charge in [-0.1, -0.05) is 6.07 Å². The minimum absolute atomic E-state index is 0.193. The van der Waals surface area contributed by atoms with Gasteiger partial charge < -0.3 is 5.73 Å². The van der Waals surface area contributed by atoms with Crippen molar-refractivity contribution in [3.8, 4) is 0 Å². The topological polar surface area (TPSA) is 72.2 Å². The number of carbonyl (C=O) groups is 2. The van der Waals surface area contributed by atoms with E-state index in [1.165, 1.54) is 0 Å². The number of nitrogen functional groups attached to an aromatic ring is 1. The van der Waals surface area contributed by atoms with Gasteiger partial charge in [-0.05, 0) is 36.6 Å². The Bertz CT molecular complexity index is 434. The van der Waals surface area contributed by atoms with Crippen molar-refractivity contribution in [2.75, 3.05) is 5.73 Å². The molecule has 84 valence electrons. The van der Waals surface area contributed by atoms with Gasteiger partial charge in [0.05, 0.1) is 5.92 Å². The molecule has 1 aromatic carbocycles. The summed E-state index contributed by atoms with van der Waals surface area (Å²) in [4.78, 5) is 22.7. The smallest absolute Gasteiger partial charge is 0.234 e. The van der Waals surface area contributed by atoms with Gasteiger partial charge in [0, 0.05) is 12.1 Å². The van der Waals surface area contributed by atoms with Crippen molar-refractivity contribution >= 4 is 17.5 Å². The van der Waals surface area contributed by atoms with E-state index in [1.807, 2.05) is 19.1 Å². The fourth-order valence-electron chi connectivity index (χ4n) is 2.06. The molecule has 1 unspecified atom stereocenters. The van der Waals surface area contributed by atoms with Crippen LogP contribution >= 0.6 is 0 Å². The van der Waals surface area contributed by atoms with Gasteiger partial charge in [-0.25, -0.2) is 0 Å². The number of hydrogen-bond acceptors (Lipinski definition) is 3. The van der Waals surface area contributed by atoms with E-state index in [0.717, 1.165) is 11.1 Å². The number of hydrogen-bond donors (Lipinski definition) is 2. The normalized spacial score (nSPS) is 20.7. The number of carbonyl (C=O) groups excluding carboxylic acids is 2. The molecule has 1 heterocycles. The number of nitrogens with one attached hydrogen (secondary N) is 1. The Labute approximate surface area is 93.8 Å². The van der Waals surface area contributed by atoms with Crippen LogP contribution in [0, 0.1) is 6.92 Å². The van der Waals surface area contributed by atoms with Crippen LogP contribution in [0.15, 0.2) is 18.2 Å². The molecule has 3 N–H and O–H groups in total. The molecule has 2 amide bonds. The molecule has 0 aliphatic carbocycles. The van der Waals surface area contributed by atoms with Crippen LogP contribution in [0.5, 0.6) is 0 Å². The first kappa shape index (κ1) is 10.7. The number of aryl methyl sites for hydroxylation is 1. The van der Waals surface area contributed by atoms with Crippen LogP contribution in [0.1, 0.15) is 29.9 Å². The number of anilines is 1. The van der Waals surface area contributed by atoms with Gasteiger partial charge in [-0.15, -0.1) is 0 Å². The maximum absolute atomic E-state index is 11.7. The van der Waals surface area contributed by atoms with Gasteiger partial charge in [0.15, 0.2) is 0 Å². The lowest BCUT2D eigenvalue weighted by atomic mass is 9.89. The second-order valence-corrected chi connectivity index (χ2v) is 4.18. The zero-order chi connectivity index (χ0) is 11.7. The first-order chi connectivity index (χ1) is 7.56. The van der Waals surface area contributed by atoms with Crippen molar-refractivity contribution < 1.29 is 9.59 Å². The molecule has 4 heteroatoms. The second-order valence-electron chi connectivity index (χ2n) is 4.18. The molecule has 1 aromatic rings. The third-order valence-electron chi connectivity index (χ3n) is 2.76. The zero-order valence-electron chi connectivity index (χ0n) is 9.12. The Hall–Kier alpha value is -1.84. The molecular formula is C12H14N2O2. The van der Waals surface area contributed by atoms with E-state index < -0.39 is 0 Å². The summed E-state index contributed by atoms with van der Waals surface area (Å²) >= 11 is 0. The molecular weight excluding hydrogens is 204 g/mol. The van der Waals surface area contributed by atoms with E-state index in [1.54, 1.807) is 6.07 Å². The Kier molecular flexibility index (Phi) is 2.64. The molecule has 0 spiro atoms. The number of nitrogens with two attached hydrogens (primary N) is 1. The predicted molar refractivity (Wildman–Crippen MR) is 60.7 cm³/mol. The monoisotopic (exact) mass is 218 g/mol. The Balaban J connectivity index is 2.30. The van der Waals surface area contributed by atoms with Crippen LogP contribution in [0.2, 0.25) is 0 Å². The average Bonchev–Trinajstić information content (AvgIpc) is 2.15. The summed E-state index contributed by atoms with van der Waals surface area (Å²) in [5, 5.41) is 2.35. The average molecular weight is 218 g/mol. The summed E-state index contributed by atoms with van der Waals surface area (Å²) in [5.41, 5.74) is 8.31. The minimum Gasteiger partial charge on any atom is -0.399 e. The fourth-order valence-corrected chi connectivity index (χ4v) is 2.06. The molecule has 0 radical (unpaired) electrons. The highest BCUT2D eigenvalue weighted by molar-refractivity contribution is 6.01. The van der Waals surface area contributed by atoms with Gasteiger partial charge in [-0.2, -0.15) is 0 Å². The molecule has 0 saturated carbocycles. The van der Waals surface area contributed by atoms with Gasteiger partial charge in [0.2, 0.25) is 11.8 Å². The number of amides is 2. The quantitative estimate of drug-likeness (QED) is 0.547. The summed E-state index contributed by atoms with van der Waals surface area (Å²) < 4.78 is 0. The van der Waals surface area contributed by atoms with Crippen molar-refractivity contribution in [1.29, 1.82) is 0 Å². The van der Waals surface area contributed by atoms with E-state index in [-0.39, 0.29) is 17.7 Å². The molecule has 1 fully saturated rings. The highest BCUT2D eigenvalue weighted by Crippen LogP contribution is 2.27. The van der Waals surface area contributed by atoms with E-state index >= 15 is 0 Å². The van der Waals surface area contributed by atoms with Crippen molar-refractivity contribution in [3.05, 3.63) is 29.3 Å². The molecule has 4 nitrogen and oxygen atoms in total. The Morgan fingerprint density at radius 2 is 2.06 bits per heavy atom. The summed E-state index contributed by atoms with van der Waals surface area (Å²) in [6.07, 6.45) is 0.956. The fraction of sp³-hybridized carbons (Fsp3) is 0.333. The van der Waals surface area contributed by atoms with E-state index in [2.05, 4.69) is 5.32 Å². The second kappa shape index (κ2) is 3.96. The maximum Gasteiger partial charge on any atom is 0.234 e. The summed E-state index contributed by atoms with van der Waals surface area (Å²) in [6, 6.07) is 5.60. The molecule has 1 saturated heterocycles. The third-order valence-corrected chi connectivity index (χ3v) is 2.76. The van der Waals surface area contributed by atoms with Crippen LogP contribution in [-0.4, -0.2) is 11.8 Å². The summed E-state index contributed by atoms with van der Waals surface area (Å²) in [7, 11) is 0. The molecule has 0 aromatic heterocycles. The molecule has 2 rings (SSSR count). The third kappa shape index (κ3) is 2.05. The predicted octanol–water partition coefficient (Wildman–Crippen LogP) is 1.10. The van der Waals surface area contributed by atoms with Crippen molar-refractivity contribution in [2.24, 2.45) is 0 Å². The minimum atomic E-state index is -0.250. The van der Waals surface area contributed by atoms with E-state index in [4.69, 9.17) is 5.73 Å². The van der Waals surface area contributed by atoms with Crippen molar-refractivity contribution in [3.63, 3.8) is 0 Å². The Morgan fingerprint density at radius 1 is 1.31 bits per heavy atom. The number of piperidine rings is 1. The summed E-state index contributed by atoms with van der Waals surface area (Å²) in [6.45, 7) is 1.94. The first-order valence-corrected chi connectivity index (χ1v) is 5.27. The largest absolute Gasteiger partial charge is 0.399 e. The molecule has 16 heavy (non-hydrogen) atoms. The van der Waals surface area contributed by atoms with E-state index in [0.29, 0.717) is 18.5 Å². The molecule has 1 aliphatic rings. The highest BCUT2D eigenvalue weighted by atomic mass is 16.2. The van der Waals surface area contributed by atoms with Crippen molar-refractivity contribution in [2.45, 2.75) is 25.7 Å². The molecule has 1 aliphatic heterocycles. The number of benzene rings is 1. The molecule has 0 bridgehead atoms. The molecule has 1 atom stereocenters. The number of rotatable bonds is 1. The van der Waals surface area contributed by atoms with Crippen LogP contribution in [-0.2, 0) is 9.59 Å². The lowest BCUT2D eigenvalue weighted by Gasteiger charge is -2.21. The van der Waals surface area contributed by atoms with Crippen LogP contribution < -0.4 is 11.1 Å². The number of imide groups is 1. The van der Waals surface area contributed by atoms with Gasteiger partial charge in [-0.3, -0.25) is 14.9 Å². The van der Waals surface area contributed by atoms with Crippen molar-refractivity contribution in [1.82, 2.24) is 5.32 Å². The van der Waals surface area contributed by atoms with E-state index in [9.17, 15) is 9.59 Å². The van der Waals surface area contributed by atoms with Crippen LogP contribution in [0.4, 0.5) is 5.69 Å². The highest BCUT2D eigenvalue weighted by Gasteiger charge is 2.27. The van der Waals surface area contributed by atoms with Crippen LogP contribution in [0.3, 0.4) is 0 Å². The first-order valence-electron chi connectivity index (χ1n) is 5.27. The Morgan fingerprint density at radius 3 is 2.69 bits per heavy atom. The standard InChI is InChI=1S/C12H14N2O2/c1-7-4-8(6-9(13)5-7)10-2-3-11(15)14-12(10)16/h4-6,10H,2-3,13H2,1H3,(H,14,15,16). The maximum atomic E-state index is 11.7. The lowest BCUT2D eigenvalue weighted by Crippen LogP contribution is -2.39. The van der Waals surface area contributed by atoms with Gasteiger partial charge in [0.1, 0.15) is 0 Å². The summed E-state index contributed by atoms with van der Waals surface area (Å²) in [5.74, 6) is -0.664. The SMILES string of the molecule is Cc1cc(N)cc(C2CCC(=O)NC2=O)c1.